The van der Waals surface area contributed by atoms with Gasteiger partial charge in [-0.1, -0.05) is 43.2 Å². The first-order valence-electron chi connectivity index (χ1n) is 9.06. The second-order valence-electron chi connectivity index (χ2n) is 7.14. The number of sulfonamides is 1. The monoisotopic (exact) mass is 367 g/mol. The third-order valence-corrected chi connectivity index (χ3v) is 6.51. The van der Waals surface area contributed by atoms with Crippen LogP contribution in [0.4, 0.5) is 0 Å². The first-order chi connectivity index (χ1) is 11.9. The fourth-order valence-corrected chi connectivity index (χ4v) is 5.10. The first kappa shape index (κ1) is 18.8. The molecule has 1 saturated heterocycles. The highest BCUT2D eigenvalue weighted by Gasteiger charge is 2.38. The molecule has 3 rings (SSSR count). The van der Waals surface area contributed by atoms with Crippen molar-refractivity contribution in [1.82, 2.24) is 15.2 Å². The van der Waals surface area contributed by atoms with E-state index in [1.54, 1.807) is 7.11 Å². The third-order valence-electron chi connectivity index (χ3n) is 5.39. The van der Waals surface area contributed by atoms with Crippen molar-refractivity contribution in [2.75, 3.05) is 19.9 Å². The van der Waals surface area contributed by atoms with Crippen molar-refractivity contribution >= 4 is 10.0 Å². The number of piperidine rings is 1. The second kappa shape index (κ2) is 7.72. The number of rotatable bonds is 6. The Bertz CT molecular complexity index is 651. The summed E-state index contributed by atoms with van der Waals surface area (Å²) in [5.74, 6) is 0. The van der Waals surface area contributed by atoms with Crippen molar-refractivity contribution in [2.24, 2.45) is 0 Å². The molecule has 140 valence electrons. The van der Waals surface area contributed by atoms with Gasteiger partial charge in [-0.3, -0.25) is 5.32 Å². The van der Waals surface area contributed by atoms with Crippen LogP contribution in [0.3, 0.4) is 0 Å². The lowest BCUT2D eigenvalue weighted by atomic mass is 9.91. The third kappa shape index (κ3) is 4.23. The van der Waals surface area contributed by atoms with E-state index in [0.29, 0.717) is 6.54 Å². The molecule has 1 aromatic carbocycles. The van der Waals surface area contributed by atoms with Crippen LogP contribution in [0.1, 0.15) is 44.1 Å². The molecule has 2 aliphatic rings. The number of nitrogens with one attached hydrogen (secondary N) is 2. The van der Waals surface area contributed by atoms with Crippen molar-refractivity contribution in [2.45, 2.75) is 56.3 Å². The van der Waals surface area contributed by atoms with Crippen molar-refractivity contribution in [3.05, 3.63) is 35.9 Å². The molecule has 0 bridgehead atoms. The standard InChI is InChI=1S/C18H29N3O3S/c1-24-18(15-8-4-3-5-9-15)13-12-16(14-19-18)20-21(25(2,22)23)17-10-6-7-11-17/h3-5,8-9,16-17,19-20H,6-7,10-14H2,1-2H3. The zero-order valence-electron chi connectivity index (χ0n) is 15.1. The Labute approximate surface area is 151 Å². The molecule has 2 unspecified atom stereocenters. The number of ether oxygens (including phenoxy) is 1. The van der Waals surface area contributed by atoms with E-state index in [1.807, 2.05) is 18.2 Å². The molecule has 2 atom stereocenters. The number of methoxy groups -OCH3 is 1. The summed E-state index contributed by atoms with van der Waals surface area (Å²) in [6.07, 6.45) is 6.99. The van der Waals surface area contributed by atoms with Gasteiger partial charge in [-0.15, -0.1) is 4.41 Å². The van der Waals surface area contributed by atoms with E-state index < -0.39 is 15.7 Å². The van der Waals surface area contributed by atoms with Gasteiger partial charge in [0, 0.05) is 25.7 Å². The minimum absolute atomic E-state index is 0.0716. The summed E-state index contributed by atoms with van der Waals surface area (Å²) < 4.78 is 31.8. The Kier molecular flexibility index (Phi) is 5.80. The molecule has 6 nitrogen and oxygen atoms in total. The topological polar surface area (TPSA) is 70.7 Å². The molecule has 2 N–H and O–H groups in total. The van der Waals surface area contributed by atoms with Crippen molar-refractivity contribution < 1.29 is 13.2 Å². The first-order valence-corrected chi connectivity index (χ1v) is 10.9. The van der Waals surface area contributed by atoms with Crippen LogP contribution in [0.5, 0.6) is 0 Å². The molecule has 0 amide bonds. The fourth-order valence-electron chi connectivity index (χ4n) is 4.00. The van der Waals surface area contributed by atoms with Gasteiger partial charge >= 0.3 is 0 Å². The molecule has 7 heteroatoms. The minimum Gasteiger partial charge on any atom is -0.360 e. The van der Waals surface area contributed by atoms with Crippen LogP contribution in [-0.2, 0) is 20.5 Å². The molecule has 1 aliphatic carbocycles. The number of hydrazine groups is 1. The maximum Gasteiger partial charge on any atom is 0.224 e. The van der Waals surface area contributed by atoms with Gasteiger partial charge < -0.3 is 4.74 Å². The number of hydrogen-bond acceptors (Lipinski definition) is 5. The van der Waals surface area contributed by atoms with Crippen LogP contribution in [-0.4, -0.2) is 44.8 Å². The van der Waals surface area contributed by atoms with Gasteiger partial charge in [0.1, 0.15) is 5.72 Å². The minimum atomic E-state index is -3.27. The van der Waals surface area contributed by atoms with Crippen LogP contribution in [0.15, 0.2) is 30.3 Å². The highest BCUT2D eigenvalue weighted by Crippen LogP contribution is 2.32. The Balaban J connectivity index is 1.66. The van der Waals surface area contributed by atoms with Crippen molar-refractivity contribution in [3.63, 3.8) is 0 Å². The maximum atomic E-state index is 12.2. The lowest BCUT2D eigenvalue weighted by Crippen LogP contribution is -2.60. The lowest BCUT2D eigenvalue weighted by molar-refractivity contribution is -0.0729. The summed E-state index contributed by atoms with van der Waals surface area (Å²) in [6.45, 7) is 0.654. The summed E-state index contributed by atoms with van der Waals surface area (Å²) >= 11 is 0. The van der Waals surface area contributed by atoms with Crippen LogP contribution < -0.4 is 10.7 Å². The zero-order valence-corrected chi connectivity index (χ0v) is 15.9. The Morgan fingerprint density at radius 3 is 2.40 bits per heavy atom. The van der Waals surface area contributed by atoms with Crippen LogP contribution in [0.2, 0.25) is 0 Å². The van der Waals surface area contributed by atoms with E-state index in [2.05, 4.69) is 22.9 Å². The summed E-state index contributed by atoms with van der Waals surface area (Å²) in [6, 6.07) is 10.3. The van der Waals surface area contributed by atoms with Crippen molar-refractivity contribution in [3.8, 4) is 0 Å². The smallest absolute Gasteiger partial charge is 0.224 e. The lowest BCUT2D eigenvalue weighted by Gasteiger charge is -2.42. The molecule has 0 aromatic heterocycles. The molecule has 0 radical (unpaired) electrons. The van der Waals surface area contributed by atoms with Gasteiger partial charge in [0.05, 0.1) is 6.26 Å². The van der Waals surface area contributed by atoms with Gasteiger partial charge in [0.15, 0.2) is 0 Å². The number of hydrogen-bond donors (Lipinski definition) is 2. The fraction of sp³-hybridized carbons (Fsp3) is 0.667. The molecule has 1 aliphatic heterocycles. The quantitative estimate of drug-likeness (QED) is 0.752. The average Bonchev–Trinajstić information content (AvgIpc) is 3.14. The maximum absolute atomic E-state index is 12.2. The largest absolute Gasteiger partial charge is 0.360 e. The predicted molar refractivity (Wildman–Crippen MR) is 98.2 cm³/mol. The van der Waals surface area contributed by atoms with E-state index in [9.17, 15) is 8.42 Å². The normalized spacial score (nSPS) is 28.5. The van der Waals surface area contributed by atoms with Gasteiger partial charge in [0.25, 0.3) is 0 Å². The van der Waals surface area contributed by atoms with Crippen molar-refractivity contribution in [1.29, 1.82) is 0 Å². The molecular weight excluding hydrogens is 338 g/mol. The molecule has 1 heterocycles. The van der Waals surface area contributed by atoms with Gasteiger partial charge in [-0.05, 0) is 31.2 Å². The predicted octanol–water partition coefficient (Wildman–Crippen LogP) is 1.95. The SMILES string of the molecule is COC1(c2ccccc2)CCC(NN(C2CCCC2)S(C)(=O)=O)CN1. The average molecular weight is 368 g/mol. The summed E-state index contributed by atoms with van der Waals surface area (Å²) in [5.41, 5.74) is 3.88. The Morgan fingerprint density at radius 1 is 1.20 bits per heavy atom. The molecule has 1 aromatic rings. The summed E-state index contributed by atoms with van der Waals surface area (Å²) in [4.78, 5) is 0. The highest BCUT2D eigenvalue weighted by atomic mass is 32.2. The van der Waals surface area contributed by atoms with E-state index in [1.165, 1.54) is 10.7 Å². The van der Waals surface area contributed by atoms with Crippen LogP contribution >= 0.6 is 0 Å². The summed E-state index contributed by atoms with van der Waals surface area (Å²) in [7, 11) is -1.55. The number of nitrogens with zero attached hydrogens (tertiary/aromatic N) is 1. The van der Waals surface area contributed by atoms with Gasteiger partial charge in [-0.25, -0.2) is 13.8 Å². The zero-order chi connectivity index (χ0) is 17.9. The van der Waals surface area contributed by atoms with E-state index in [-0.39, 0.29) is 12.1 Å². The van der Waals surface area contributed by atoms with Crippen LogP contribution in [0.25, 0.3) is 0 Å². The van der Waals surface area contributed by atoms with Gasteiger partial charge in [-0.2, -0.15) is 0 Å². The molecule has 1 saturated carbocycles. The number of benzene rings is 1. The Morgan fingerprint density at radius 2 is 1.88 bits per heavy atom. The Hall–Kier alpha value is -0.990. The molecular formula is C18H29N3O3S. The van der Waals surface area contributed by atoms with E-state index >= 15 is 0 Å². The van der Waals surface area contributed by atoms with Gasteiger partial charge in [0.2, 0.25) is 10.0 Å². The second-order valence-corrected chi connectivity index (χ2v) is 9.00. The van der Waals surface area contributed by atoms with E-state index in [0.717, 1.165) is 44.1 Å². The molecule has 0 spiro atoms. The van der Waals surface area contributed by atoms with E-state index in [4.69, 9.17) is 4.74 Å². The van der Waals surface area contributed by atoms with Crippen LogP contribution in [0, 0.1) is 0 Å². The highest BCUT2D eigenvalue weighted by molar-refractivity contribution is 7.88. The molecule has 25 heavy (non-hydrogen) atoms. The molecule has 2 fully saturated rings. The summed E-state index contributed by atoms with van der Waals surface area (Å²) in [5, 5.41) is 3.49.